The molecule has 0 bridgehead atoms. The van der Waals surface area contributed by atoms with Crippen LogP contribution in [0.25, 0.3) is 11.1 Å². The van der Waals surface area contributed by atoms with E-state index in [0.717, 1.165) is 0 Å². The molecule has 0 saturated heterocycles. The second-order valence-electron chi connectivity index (χ2n) is 4.34. The number of nitrogen functional groups attached to an aromatic ring is 1. The Bertz CT molecular complexity index is 817. The first-order valence-electron chi connectivity index (χ1n) is 6.03. The van der Waals surface area contributed by atoms with Crippen molar-refractivity contribution in [2.75, 3.05) is 18.2 Å². The number of nitrogens with zero attached hydrogens (tertiary/aromatic N) is 1. The number of nitrogens with one attached hydrogen (secondary N) is 1. The van der Waals surface area contributed by atoms with Gasteiger partial charge in [-0.1, -0.05) is 23.2 Å². The summed E-state index contributed by atoms with van der Waals surface area (Å²) in [6.45, 7) is 0. The SMILES string of the molecule is COc1cc(N)ccc1Nc1nc2cc(Cl)cc(Cl)c2o1. The number of fused-ring (bicyclic) bond motifs is 1. The van der Waals surface area contributed by atoms with Crippen LogP contribution in [-0.2, 0) is 0 Å². The molecule has 0 spiro atoms. The largest absolute Gasteiger partial charge is 0.494 e. The standard InChI is InChI=1S/C14H11Cl2N3O2/c1-20-12-6-8(17)2-3-10(12)18-14-19-11-5-7(15)4-9(16)13(11)21-14/h2-6H,17H2,1H3,(H,18,19). The van der Waals surface area contributed by atoms with Gasteiger partial charge < -0.3 is 20.2 Å². The van der Waals surface area contributed by atoms with E-state index in [4.69, 9.17) is 38.1 Å². The molecule has 3 aromatic rings. The van der Waals surface area contributed by atoms with Gasteiger partial charge in [0.25, 0.3) is 6.01 Å². The molecule has 21 heavy (non-hydrogen) atoms. The summed E-state index contributed by atoms with van der Waals surface area (Å²) in [5.41, 5.74) is 8.04. The van der Waals surface area contributed by atoms with Crippen LogP contribution in [0.5, 0.6) is 5.75 Å². The van der Waals surface area contributed by atoms with Crippen molar-refractivity contribution in [2.24, 2.45) is 0 Å². The fraction of sp³-hybridized carbons (Fsp3) is 0.0714. The van der Waals surface area contributed by atoms with Gasteiger partial charge in [0.1, 0.15) is 11.3 Å². The molecule has 5 nitrogen and oxygen atoms in total. The molecule has 0 amide bonds. The highest BCUT2D eigenvalue weighted by molar-refractivity contribution is 6.38. The summed E-state index contributed by atoms with van der Waals surface area (Å²) >= 11 is 12.0. The summed E-state index contributed by atoms with van der Waals surface area (Å²) < 4.78 is 10.8. The molecule has 0 aliphatic rings. The fourth-order valence-corrected chi connectivity index (χ4v) is 2.46. The van der Waals surface area contributed by atoms with E-state index in [1.807, 2.05) is 0 Å². The Morgan fingerprint density at radius 2 is 2.05 bits per heavy atom. The Hall–Kier alpha value is -2.11. The van der Waals surface area contributed by atoms with Crippen LogP contribution in [0.2, 0.25) is 10.0 Å². The van der Waals surface area contributed by atoms with Gasteiger partial charge in [-0.15, -0.1) is 0 Å². The number of anilines is 3. The minimum absolute atomic E-state index is 0.289. The lowest BCUT2D eigenvalue weighted by Crippen LogP contribution is -1.96. The van der Waals surface area contributed by atoms with Crippen LogP contribution in [0.4, 0.5) is 17.4 Å². The number of benzene rings is 2. The van der Waals surface area contributed by atoms with E-state index in [2.05, 4.69) is 10.3 Å². The number of oxazole rings is 1. The van der Waals surface area contributed by atoms with E-state index < -0.39 is 0 Å². The van der Waals surface area contributed by atoms with Crippen molar-refractivity contribution in [1.82, 2.24) is 4.98 Å². The zero-order valence-electron chi connectivity index (χ0n) is 11.0. The third kappa shape index (κ3) is 2.70. The summed E-state index contributed by atoms with van der Waals surface area (Å²) in [4.78, 5) is 4.29. The fourth-order valence-electron chi connectivity index (χ4n) is 1.94. The maximum Gasteiger partial charge on any atom is 0.300 e. The zero-order valence-corrected chi connectivity index (χ0v) is 12.5. The van der Waals surface area contributed by atoms with Gasteiger partial charge in [-0.2, -0.15) is 4.98 Å². The number of nitrogens with two attached hydrogens (primary N) is 1. The van der Waals surface area contributed by atoms with Gasteiger partial charge in [0.2, 0.25) is 0 Å². The lowest BCUT2D eigenvalue weighted by atomic mass is 10.2. The van der Waals surface area contributed by atoms with Crippen molar-refractivity contribution in [3.8, 4) is 5.75 Å². The first-order valence-corrected chi connectivity index (χ1v) is 6.78. The highest BCUT2D eigenvalue weighted by Gasteiger charge is 2.12. The van der Waals surface area contributed by atoms with Gasteiger partial charge in [0.05, 0.1) is 17.8 Å². The van der Waals surface area contributed by atoms with Crippen LogP contribution in [0.1, 0.15) is 0 Å². The number of ether oxygens (including phenoxy) is 1. The number of methoxy groups -OCH3 is 1. The minimum Gasteiger partial charge on any atom is -0.494 e. The average molecular weight is 324 g/mol. The molecule has 0 aliphatic carbocycles. The number of hydrogen-bond acceptors (Lipinski definition) is 5. The number of hydrogen-bond donors (Lipinski definition) is 2. The topological polar surface area (TPSA) is 73.3 Å². The van der Waals surface area contributed by atoms with Gasteiger partial charge in [-0.25, -0.2) is 0 Å². The molecular weight excluding hydrogens is 313 g/mol. The van der Waals surface area contributed by atoms with Gasteiger partial charge in [0, 0.05) is 16.8 Å². The maximum atomic E-state index is 6.07. The predicted molar refractivity (Wildman–Crippen MR) is 84.7 cm³/mol. The van der Waals surface area contributed by atoms with Crippen LogP contribution in [0, 0.1) is 0 Å². The third-order valence-corrected chi connectivity index (χ3v) is 3.38. The Labute approximate surface area is 130 Å². The van der Waals surface area contributed by atoms with Crippen LogP contribution in [0.15, 0.2) is 34.7 Å². The number of halogens is 2. The summed E-state index contributed by atoms with van der Waals surface area (Å²) in [6.07, 6.45) is 0. The molecule has 0 saturated carbocycles. The normalized spacial score (nSPS) is 10.8. The van der Waals surface area contributed by atoms with Crippen molar-refractivity contribution in [1.29, 1.82) is 0 Å². The van der Waals surface area contributed by atoms with Gasteiger partial charge in [0.15, 0.2) is 5.58 Å². The molecule has 1 heterocycles. The van der Waals surface area contributed by atoms with Crippen LogP contribution >= 0.6 is 23.2 Å². The first kappa shape index (κ1) is 13.9. The molecule has 2 aromatic carbocycles. The molecule has 0 atom stereocenters. The molecule has 3 N–H and O–H groups in total. The van der Waals surface area contributed by atoms with E-state index >= 15 is 0 Å². The highest BCUT2D eigenvalue weighted by atomic mass is 35.5. The molecule has 0 fully saturated rings. The van der Waals surface area contributed by atoms with E-state index in [9.17, 15) is 0 Å². The highest BCUT2D eigenvalue weighted by Crippen LogP contribution is 2.33. The lowest BCUT2D eigenvalue weighted by Gasteiger charge is -2.08. The van der Waals surface area contributed by atoms with Crippen molar-refractivity contribution in [3.05, 3.63) is 40.4 Å². The average Bonchev–Trinajstić information content (AvgIpc) is 2.83. The Morgan fingerprint density at radius 3 is 2.81 bits per heavy atom. The third-order valence-electron chi connectivity index (χ3n) is 2.88. The maximum absolute atomic E-state index is 6.07. The van der Waals surface area contributed by atoms with Crippen LogP contribution in [0.3, 0.4) is 0 Å². The first-order chi connectivity index (χ1) is 10.1. The second kappa shape index (κ2) is 5.35. The van der Waals surface area contributed by atoms with Gasteiger partial charge >= 0.3 is 0 Å². The van der Waals surface area contributed by atoms with E-state index in [0.29, 0.717) is 38.3 Å². The molecule has 0 radical (unpaired) electrons. The Kier molecular flexibility index (Phi) is 3.53. The molecule has 7 heteroatoms. The lowest BCUT2D eigenvalue weighted by molar-refractivity contribution is 0.417. The van der Waals surface area contributed by atoms with E-state index in [-0.39, 0.29) is 6.01 Å². The van der Waals surface area contributed by atoms with Gasteiger partial charge in [-0.05, 0) is 24.3 Å². The van der Waals surface area contributed by atoms with Crippen LogP contribution < -0.4 is 15.8 Å². The van der Waals surface area contributed by atoms with Crippen molar-refractivity contribution in [3.63, 3.8) is 0 Å². The van der Waals surface area contributed by atoms with Crippen molar-refractivity contribution in [2.45, 2.75) is 0 Å². The van der Waals surface area contributed by atoms with Crippen LogP contribution in [-0.4, -0.2) is 12.1 Å². The smallest absolute Gasteiger partial charge is 0.300 e. The number of rotatable bonds is 3. The Balaban J connectivity index is 2.00. The summed E-state index contributed by atoms with van der Waals surface area (Å²) in [6, 6.07) is 8.79. The monoisotopic (exact) mass is 323 g/mol. The van der Waals surface area contributed by atoms with Crippen molar-refractivity contribution >= 4 is 51.7 Å². The molecule has 1 aromatic heterocycles. The predicted octanol–water partition coefficient (Wildman–Crippen LogP) is 4.47. The summed E-state index contributed by atoms with van der Waals surface area (Å²) in [7, 11) is 1.56. The number of aromatic nitrogens is 1. The molecular formula is C14H11Cl2N3O2. The quantitative estimate of drug-likeness (QED) is 0.696. The van der Waals surface area contributed by atoms with E-state index in [1.165, 1.54) is 0 Å². The van der Waals surface area contributed by atoms with E-state index in [1.54, 1.807) is 37.4 Å². The molecule has 0 unspecified atom stereocenters. The minimum atomic E-state index is 0.289. The summed E-state index contributed by atoms with van der Waals surface area (Å²) in [5, 5.41) is 3.93. The zero-order chi connectivity index (χ0) is 15.0. The van der Waals surface area contributed by atoms with Crippen molar-refractivity contribution < 1.29 is 9.15 Å². The van der Waals surface area contributed by atoms with Gasteiger partial charge in [-0.3, -0.25) is 0 Å². The molecule has 0 aliphatic heterocycles. The summed E-state index contributed by atoms with van der Waals surface area (Å²) in [5.74, 6) is 0.585. The molecule has 3 rings (SSSR count). The Morgan fingerprint density at radius 1 is 1.24 bits per heavy atom. The molecule has 108 valence electrons. The second-order valence-corrected chi connectivity index (χ2v) is 5.18.